The molecule has 0 spiro atoms. The van der Waals surface area contributed by atoms with E-state index in [0.717, 1.165) is 0 Å². The largest absolute Gasteiger partial charge is 0.272 e. The summed E-state index contributed by atoms with van der Waals surface area (Å²) in [7, 11) is 0. The van der Waals surface area contributed by atoms with Crippen molar-refractivity contribution in [2.24, 2.45) is 0 Å². The van der Waals surface area contributed by atoms with Crippen LogP contribution in [0.15, 0.2) is 36.9 Å². The third-order valence-electron chi connectivity index (χ3n) is 1.31. The number of nitro benzene ring substituents is 1. The van der Waals surface area contributed by atoms with E-state index in [9.17, 15) is 10.1 Å². The number of para-hydroxylation sites is 1. The van der Waals surface area contributed by atoms with E-state index in [2.05, 4.69) is 6.58 Å². The van der Waals surface area contributed by atoms with Gasteiger partial charge in [0.1, 0.15) is 0 Å². The number of rotatable bonds is 1. The number of hydrogen-bond acceptors (Lipinski definition) is 2. The van der Waals surface area contributed by atoms with Gasteiger partial charge in [-0.25, -0.2) is 0 Å². The molecule has 0 atom stereocenters. The van der Waals surface area contributed by atoms with E-state index in [-0.39, 0.29) is 10.6 Å². The number of benzene rings is 1. The van der Waals surface area contributed by atoms with Crippen LogP contribution in [0.2, 0.25) is 0 Å². The van der Waals surface area contributed by atoms with E-state index in [0.29, 0.717) is 5.56 Å². The Hall–Kier alpha value is -1.64. The monoisotopic (exact) mass is 179 g/mol. The highest BCUT2D eigenvalue weighted by molar-refractivity contribution is 5.38. The second kappa shape index (κ2) is 5.94. The van der Waals surface area contributed by atoms with Gasteiger partial charge in [-0.1, -0.05) is 24.3 Å². The van der Waals surface area contributed by atoms with Gasteiger partial charge in [0.2, 0.25) is 0 Å². The molecular weight excluding hydrogens is 166 g/mol. The van der Waals surface area contributed by atoms with Crippen LogP contribution in [0, 0.1) is 17.0 Å². The van der Waals surface area contributed by atoms with Gasteiger partial charge in [0, 0.05) is 11.6 Å². The maximum absolute atomic E-state index is 10.2. The molecule has 1 aromatic rings. The van der Waals surface area contributed by atoms with Crippen molar-refractivity contribution in [3.63, 3.8) is 0 Å². The Labute approximate surface area is 77.9 Å². The third-order valence-corrected chi connectivity index (χ3v) is 1.31. The van der Waals surface area contributed by atoms with Gasteiger partial charge in [-0.05, 0) is 13.8 Å². The van der Waals surface area contributed by atoms with Crippen molar-refractivity contribution in [1.29, 1.82) is 0 Å². The molecule has 0 heterocycles. The second-order valence-corrected chi connectivity index (χ2v) is 2.45. The molecule has 0 bridgehead atoms. The van der Waals surface area contributed by atoms with Crippen LogP contribution in [0.5, 0.6) is 0 Å². The SMILES string of the molecule is C=CC.Cc1ccccc1[N+](=O)[O-]. The Morgan fingerprint density at radius 2 is 1.92 bits per heavy atom. The third kappa shape index (κ3) is 4.06. The molecule has 0 fully saturated rings. The molecule has 0 aliphatic carbocycles. The standard InChI is InChI=1S/C7H7NO2.C3H6/c1-6-4-2-3-5-7(6)8(9)10;1-3-2/h2-5H,1H3;3H,1H2,2H3. The van der Waals surface area contributed by atoms with Crippen molar-refractivity contribution in [2.75, 3.05) is 0 Å². The maximum Gasteiger partial charge on any atom is 0.272 e. The topological polar surface area (TPSA) is 43.1 Å². The van der Waals surface area contributed by atoms with Crippen LogP contribution < -0.4 is 0 Å². The Morgan fingerprint density at radius 3 is 2.23 bits per heavy atom. The van der Waals surface area contributed by atoms with Crippen LogP contribution in [-0.2, 0) is 0 Å². The summed E-state index contributed by atoms with van der Waals surface area (Å²) in [6.45, 7) is 6.97. The molecule has 0 N–H and O–H groups in total. The molecule has 1 aromatic carbocycles. The second-order valence-electron chi connectivity index (χ2n) is 2.45. The zero-order chi connectivity index (χ0) is 10.3. The molecule has 13 heavy (non-hydrogen) atoms. The molecule has 70 valence electrons. The highest BCUT2D eigenvalue weighted by atomic mass is 16.6. The molecule has 0 amide bonds. The van der Waals surface area contributed by atoms with Crippen molar-refractivity contribution in [2.45, 2.75) is 13.8 Å². The predicted octanol–water partition coefficient (Wildman–Crippen LogP) is 3.10. The van der Waals surface area contributed by atoms with Gasteiger partial charge in [0.25, 0.3) is 5.69 Å². The van der Waals surface area contributed by atoms with E-state index in [4.69, 9.17) is 0 Å². The normalized spacial score (nSPS) is 8.15. The predicted molar refractivity (Wildman–Crippen MR) is 53.7 cm³/mol. The van der Waals surface area contributed by atoms with Crippen LogP contribution in [0.4, 0.5) is 5.69 Å². The number of allylic oxidation sites excluding steroid dienone is 1. The Balaban J connectivity index is 0.000000424. The molecule has 3 heteroatoms. The molecule has 0 saturated heterocycles. The van der Waals surface area contributed by atoms with Gasteiger partial charge >= 0.3 is 0 Å². The smallest absolute Gasteiger partial charge is 0.258 e. The number of nitrogens with zero attached hydrogens (tertiary/aromatic N) is 1. The Morgan fingerprint density at radius 1 is 1.46 bits per heavy atom. The van der Waals surface area contributed by atoms with E-state index >= 15 is 0 Å². The maximum atomic E-state index is 10.2. The van der Waals surface area contributed by atoms with Crippen molar-refractivity contribution in [3.8, 4) is 0 Å². The molecule has 0 aliphatic rings. The fourth-order valence-electron chi connectivity index (χ4n) is 0.768. The van der Waals surface area contributed by atoms with Crippen molar-refractivity contribution >= 4 is 5.69 Å². The highest BCUT2D eigenvalue weighted by Crippen LogP contribution is 2.14. The zero-order valence-electron chi connectivity index (χ0n) is 7.86. The number of nitro groups is 1. The lowest BCUT2D eigenvalue weighted by atomic mass is 10.2. The minimum atomic E-state index is -0.380. The van der Waals surface area contributed by atoms with Gasteiger partial charge in [-0.2, -0.15) is 0 Å². The summed E-state index contributed by atoms with van der Waals surface area (Å²) in [6.07, 6.45) is 1.75. The fraction of sp³-hybridized carbons (Fsp3) is 0.200. The zero-order valence-corrected chi connectivity index (χ0v) is 7.86. The summed E-state index contributed by atoms with van der Waals surface area (Å²) < 4.78 is 0. The summed E-state index contributed by atoms with van der Waals surface area (Å²) in [5.74, 6) is 0. The molecular formula is C10H13NO2. The van der Waals surface area contributed by atoms with E-state index in [1.807, 2.05) is 6.92 Å². The number of aryl methyl sites for hydroxylation is 1. The van der Waals surface area contributed by atoms with Gasteiger partial charge in [0.05, 0.1) is 4.92 Å². The van der Waals surface area contributed by atoms with Crippen molar-refractivity contribution < 1.29 is 4.92 Å². The molecule has 1 rings (SSSR count). The van der Waals surface area contributed by atoms with Crippen LogP contribution in [0.1, 0.15) is 12.5 Å². The average molecular weight is 179 g/mol. The summed E-state index contributed by atoms with van der Waals surface area (Å²) >= 11 is 0. The molecule has 0 unspecified atom stereocenters. The summed E-state index contributed by atoms with van der Waals surface area (Å²) in [5, 5.41) is 10.2. The molecule has 3 nitrogen and oxygen atoms in total. The van der Waals surface area contributed by atoms with E-state index in [1.54, 1.807) is 31.2 Å². The number of hydrogen-bond donors (Lipinski definition) is 0. The van der Waals surface area contributed by atoms with Gasteiger partial charge < -0.3 is 0 Å². The van der Waals surface area contributed by atoms with Crippen molar-refractivity contribution in [1.82, 2.24) is 0 Å². The minimum absolute atomic E-state index is 0.183. The van der Waals surface area contributed by atoms with Crippen LogP contribution in [0.3, 0.4) is 0 Å². The molecule has 0 saturated carbocycles. The molecule has 0 aliphatic heterocycles. The lowest BCUT2D eigenvalue weighted by molar-refractivity contribution is -0.385. The Kier molecular flexibility index (Phi) is 5.19. The van der Waals surface area contributed by atoms with E-state index in [1.165, 1.54) is 6.07 Å². The fourth-order valence-corrected chi connectivity index (χ4v) is 0.768. The molecule has 0 radical (unpaired) electrons. The lowest BCUT2D eigenvalue weighted by Gasteiger charge is -1.92. The molecule has 0 aromatic heterocycles. The average Bonchev–Trinajstić information content (AvgIpc) is 2.06. The summed E-state index contributed by atoms with van der Waals surface area (Å²) in [4.78, 5) is 9.85. The van der Waals surface area contributed by atoms with Gasteiger partial charge in [0.15, 0.2) is 0 Å². The first-order chi connectivity index (χ1) is 6.13. The highest BCUT2D eigenvalue weighted by Gasteiger charge is 2.05. The quantitative estimate of drug-likeness (QED) is 0.377. The van der Waals surface area contributed by atoms with Crippen LogP contribution in [-0.4, -0.2) is 4.92 Å². The Bertz CT molecular complexity index is 295. The minimum Gasteiger partial charge on any atom is -0.258 e. The lowest BCUT2D eigenvalue weighted by Crippen LogP contribution is -1.89. The van der Waals surface area contributed by atoms with Crippen LogP contribution >= 0.6 is 0 Å². The summed E-state index contributed by atoms with van der Waals surface area (Å²) in [6, 6.07) is 6.65. The first kappa shape index (κ1) is 11.4. The van der Waals surface area contributed by atoms with Crippen LogP contribution in [0.25, 0.3) is 0 Å². The van der Waals surface area contributed by atoms with Crippen molar-refractivity contribution in [3.05, 3.63) is 52.6 Å². The van der Waals surface area contributed by atoms with Gasteiger partial charge in [-0.15, -0.1) is 6.58 Å². The van der Waals surface area contributed by atoms with E-state index < -0.39 is 0 Å². The van der Waals surface area contributed by atoms with Gasteiger partial charge in [-0.3, -0.25) is 10.1 Å². The first-order valence-corrected chi connectivity index (χ1v) is 3.90. The first-order valence-electron chi connectivity index (χ1n) is 3.90. The summed E-state index contributed by atoms with van der Waals surface area (Å²) in [5.41, 5.74) is 0.884.